The van der Waals surface area contributed by atoms with Gasteiger partial charge in [0, 0.05) is 44.3 Å². The summed E-state index contributed by atoms with van der Waals surface area (Å²) in [6, 6.07) is 3.04. The highest BCUT2D eigenvalue weighted by Gasteiger charge is 2.51. The molecule has 1 aliphatic carbocycles. The molecule has 0 amide bonds. The molecule has 10 N–H and O–H groups in total. The Kier molecular flexibility index (Phi) is 15.6. The number of ketones is 2. The van der Waals surface area contributed by atoms with Crippen LogP contribution in [0, 0.1) is 12.8 Å². The van der Waals surface area contributed by atoms with Gasteiger partial charge in [-0.25, -0.2) is 0 Å². The van der Waals surface area contributed by atoms with Crippen molar-refractivity contribution in [2.45, 2.75) is 203 Å². The fourth-order valence-electron chi connectivity index (χ4n) is 9.92. The van der Waals surface area contributed by atoms with Gasteiger partial charge in [-0.05, 0) is 78.0 Å². The van der Waals surface area contributed by atoms with E-state index in [0.29, 0.717) is 0 Å². The second-order valence-corrected chi connectivity index (χ2v) is 19.0. The van der Waals surface area contributed by atoms with Gasteiger partial charge in [-0.3, -0.25) is 9.59 Å². The van der Waals surface area contributed by atoms with E-state index in [0.717, 1.165) is 0 Å². The Morgan fingerprint density at radius 3 is 1.91 bits per heavy atom. The van der Waals surface area contributed by atoms with Gasteiger partial charge in [0.2, 0.25) is 6.29 Å². The predicted molar refractivity (Wildman–Crippen MR) is 229 cm³/mol. The van der Waals surface area contributed by atoms with Gasteiger partial charge in [-0.1, -0.05) is 0 Å². The smallest absolute Gasteiger partial charge is 0.202 e. The number of carbonyl (C=O) groups excluding carboxylic acids is 2. The van der Waals surface area contributed by atoms with Gasteiger partial charge in [0.1, 0.15) is 60.0 Å². The monoisotopic (exact) mass is 954 g/mol. The Morgan fingerprint density at radius 2 is 1.33 bits per heavy atom. The molecule has 2 aromatic carbocycles. The Morgan fingerprint density at radius 1 is 0.776 bits per heavy atom. The van der Waals surface area contributed by atoms with Crippen LogP contribution in [-0.4, -0.2) is 192 Å². The molecule has 2 aromatic rings. The summed E-state index contributed by atoms with van der Waals surface area (Å²) >= 11 is 0. The van der Waals surface area contributed by atoms with E-state index in [-0.39, 0.29) is 65.3 Å². The molecular formula is C46H66O21. The Balaban J connectivity index is 1.18. The molecule has 21 nitrogen and oxygen atoms in total. The van der Waals surface area contributed by atoms with Gasteiger partial charge >= 0.3 is 0 Å². The first-order valence-electron chi connectivity index (χ1n) is 22.8. The summed E-state index contributed by atoms with van der Waals surface area (Å²) in [5, 5.41) is 108. The van der Waals surface area contributed by atoms with Crippen LogP contribution in [0.5, 0.6) is 17.2 Å². The van der Waals surface area contributed by atoms with E-state index in [1.807, 2.05) is 0 Å². The van der Waals surface area contributed by atoms with Crippen LogP contribution < -0.4 is 4.74 Å². The fourth-order valence-corrected chi connectivity index (χ4v) is 9.92. The number of ether oxygens (including phenoxy) is 9. The molecule has 4 heterocycles. The maximum absolute atomic E-state index is 14.8. The number of phenols is 2. The molecule has 4 saturated heterocycles. The molecule has 21 atom stereocenters. The van der Waals surface area contributed by atoms with Crippen molar-refractivity contribution < 1.29 is 103 Å². The molecule has 67 heavy (non-hydrogen) atoms. The number of Topliss-reactive ketones (excluding diaryl/α,β-unsaturated/α-hetero) is 2. The van der Waals surface area contributed by atoms with Crippen LogP contribution in [0.2, 0.25) is 0 Å². The van der Waals surface area contributed by atoms with E-state index >= 15 is 0 Å². The lowest BCUT2D eigenvalue weighted by molar-refractivity contribution is -0.320. The van der Waals surface area contributed by atoms with Crippen LogP contribution in [-0.2, 0) is 49.1 Å². The third kappa shape index (κ3) is 10.3. The van der Waals surface area contributed by atoms with Crippen LogP contribution in [0.1, 0.15) is 88.7 Å². The second-order valence-electron chi connectivity index (χ2n) is 19.0. The Bertz CT molecular complexity index is 2090. The largest absolute Gasteiger partial charge is 0.507 e. The summed E-state index contributed by atoms with van der Waals surface area (Å²) in [4.78, 5) is 28.6. The van der Waals surface area contributed by atoms with Crippen molar-refractivity contribution in [3.8, 4) is 17.2 Å². The van der Waals surface area contributed by atoms with Crippen molar-refractivity contribution in [3.05, 3.63) is 28.8 Å². The zero-order valence-corrected chi connectivity index (χ0v) is 38.7. The average Bonchev–Trinajstić information content (AvgIpc) is 3.25. The van der Waals surface area contributed by atoms with E-state index in [2.05, 4.69) is 0 Å². The minimum absolute atomic E-state index is 0.0243. The van der Waals surface area contributed by atoms with Crippen LogP contribution >= 0.6 is 0 Å². The zero-order chi connectivity index (χ0) is 49.1. The fraction of sp³-hybridized carbons (Fsp3) is 0.739. The molecule has 0 saturated carbocycles. The predicted octanol–water partition coefficient (Wildman–Crippen LogP) is -0.130. The molecule has 0 unspecified atom stereocenters. The SMILES string of the molecule is CO[C@H](C(=O)[C@H](O)[C@H](C)O)[C@H]1Cc2cc3cc(O[C@H]4C[C@H](O[C@H]5C[C@@H](O)[C@H](O)[C@@H](C)O5)[C@H](O)[C@@H](C)O4)c(C)c(O)c3c(O)c2C(=O)[C@H]1O[C@H]1C[C@@H](O[C@H]2C[C@](C)(O)[C@H](O)[C@@H](C)O2)[C@H](O)[C@@H](C)O1. The number of phenolic OH excluding ortho intramolecular Hbond substituents is 2. The Hall–Kier alpha value is -3.20. The number of aliphatic hydroxyl groups excluding tert-OH is 7. The van der Waals surface area contributed by atoms with E-state index < -0.39 is 151 Å². The third-order valence-electron chi connectivity index (χ3n) is 13.9. The van der Waals surface area contributed by atoms with E-state index in [1.165, 1.54) is 40.0 Å². The molecule has 0 spiro atoms. The number of methoxy groups -OCH3 is 1. The highest BCUT2D eigenvalue weighted by molar-refractivity contribution is 6.11. The lowest BCUT2D eigenvalue weighted by Gasteiger charge is -2.45. The normalized spacial score (nSPS) is 40.8. The van der Waals surface area contributed by atoms with Gasteiger partial charge in [-0.15, -0.1) is 0 Å². The summed E-state index contributed by atoms with van der Waals surface area (Å²) in [5.41, 5.74) is -1.46. The molecule has 4 aliphatic heterocycles. The number of rotatable bonds is 13. The van der Waals surface area contributed by atoms with Crippen molar-refractivity contribution in [1.82, 2.24) is 0 Å². The number of fused-ring (bicyclic) bond motifs is 2. The van der Waals surface area contributed by atoms with Gasteiger partial charge in [0.25, 0.3) is 0 Å². The molecule has 0 bridgehead atoms. The number of benzene rings is 2. The molecule has 4 fully saturated rings. The first-order valence-corrected chi connectivity index (χ1v) is 22.8. The lowest BCUT2D eigenvalue weighted by Crippen LogP contribution is -2.58. The summed E-state index contributed by atoms with van der Waals surface area (Å²) in [5.74, 6) is -3.96. The van der Waals surface area contributed by atoms with Crippen molar-refractivity contribution >= 4 is 22.3 Å². The maximum Gasteiger partial charge on any atom is 0.202 e. The van der Waals surface area contributed by atoms with Gasteiger partial charge < -0.3 is 93.7 Å². The lowest BCUT2D eigenvalue weighted by atomic mass is 9.75. The molecule has 5 aliphatic rings. The molecule has 21 heteroatoms. The minimum Gasteiger partial charge on any atom is -0.507 e. The standard InChI is InChI=1S/C46H66O21/c1-16-26(64-30-13-27(38(52)19(4)61-30)65-29-12-25(48)37(51)18(3)60-29)11-23-9-22-10-24(43(59-8)42(56)36(50)17(2)47)44(41(55)34(22)40(54)33(23)35(16)49)67-31-14-28(39(53)20(5)62-31)66-32-15-46(7,58)45(57)21(6)63-32/h9,11,17-21,24-25,27-32,36-39,43-45,47-54,57-58H,10,12-15H2,1-8H3/t17-,18+,19+,20+,21+,24+,25+,27-,28+,29-,30-,31-,32-,36+,37+,38+,39+,43-,44-,45+,46-/m0/s1. The number of aliphatic hydroxyl groups is 8. The van der Waals surface area contributed by atoms with Gasteiger partial charge in [0.15, 0.2) is 30.4 Å². The van der Waals surface area contributed by atoms with Gasteiger partial charge in [0.05, 0.1) is 65.4 Å². The number of hydrogen-bond acceptors (Lipinski definition) is 21. The highest BCUT2D eigenvalue weighted by Crippen LogP contribution is 2.47. The van der Waals surface area contributed by atoms with Crippen LogP contribution in [0.3, 0.4) is 0 Å². The number of aromatic hydroxyl groups is 2. The van der Waals surface area contributed by atoms with Crippen molar-refractivity contribution in [1.29, 1.82) is 0 Å². The summed E-state index contributed by atoms with van der Waals surface area (Å²) < 4.78 is 53.9. The minimum atomic E-state index is -1.92. The highest BCUT2D eigenvalue weighted by atomic mass is 16.7. The third-order valence-corrected chi connectivity index (χ3v) is 13.9. The van der Waals surface area contributed by atoms with Gasteiger partial charge in [-0.2, -0.15) is 0 Å². The second kappa shape index (κ2) is 20.3. The molecule has 376 valence electrons. The summed E-state index contributed by atoms with van der Waals surface area (Å²) in [7, 11) is 1.19. The van der Waals surface area contributed by atoms with E-state index in [4.69, 9.17) is 42.6 Å². The summed E-state index contributed by atoms with van der Waals surface area (Å²) in [6.45, 7) is 10.5. The maximum atomic E-state index is 14.8. The summed E-state index contributed by atoms with van der Waals surface area (Å²) in [6.07, 6.45) is -22.6. The first kappa shape index (κ1) is 51.6. The van der Waals surface area contributed by atoms with Crippen LogP contribution in [0.15, 0.2) is 12.1 Å². The zero-order valence-electron chi connectivity index (χ0n) is 38.7. The first-order chi connectivity index (χ1) is 31.4. The molecular weight excluding hydrogens is 888 g/mol. The topological polar surface area (TPSA) is 320 Å². The number of hydrogen-bond donors (Lipinski definition) is 10. The van der Waals surface area contributed by atoms with Crippen LogP contribution in [0.4, 0.5) is 0 Å². The van der Waals surface area contributed by atoms with Crippen LogP contribution in [0.25, 0.3) is 10.8 Å². The average molecular weight is 955 g/mol. The molecule has 0 aromatic heterocycles. The van der Waals surface area contributed by atoms with E-state index in [9.17, 15) is 60.7 Å². The molecule has 0 radical (unpaired) electrons. The Labute approximate surface area is 387 Å². The van der Waals surface area contributed by atoms with Crippen molar-refractivity contribution in [2.24, 2.45) is 5.92 Å². The quantitative estimate of drug-likeness (QED) is 0.125. The van der Waals surface area contributed by atoms with E-state index in [1.54, 1.807) is 27.7 Å². The molecule has 7 rings (SSSR count). The number of carbonyl (C=O) groups is 2. The van der Waals surface area contributed by atoms with Crippen molar-refractivity contribution in [2.75, 3.05) is 7.11 Å². The van der Waals surface area contributed by atoms with Crippen molar-refractivity contribution in [3.63, 3.8) is 0 Å².